The fourth-order valence-electron chi connectivity index (χ4n) is 4.45. The van der Waals surface area contributed by atoms with Crippen molar-refractivity contribution >= 4 is 39.2 Å². The number of fused-ring (bicyclic) bond motifs is 3. The summed E-state index contributed by atoms with van der Waals surface area (Å²) >= 11 is 3.04. The van der Waals surface area contributed by atoms with Crippen LogP contribution in [0.2, 0.25) is 0 Å². The van der Waals surface area contributed by atoms with Gasteiger partial charge in [-0.2, -0.15) is 0 Å². The Morgan fingerprint density at radius 1 is 1.35 bits per heavy atom. The van der Waals surface area contributed by atoms with E-state index in [1.807, 2.05) is 0 Å². The van der Waals surface area contributed by atoms with Crippen LogP contribution in [0, 0.1) is 5.92 Å². The monoisotopic (exact) mass is 463 g/mol. The highest BCUT2D eigenvalue weighted by atomic mass is 32.2. The van der Waals surface area contributed by atoms with Crippen LogP contribution in [0.15, 0.2) is 9.95 Å². The number of hydrogen-bond donors (Lipinski definition) is 1. The molecule has 2 aromatic heterocycles. The van der Waals surface area contributed by atoms with Gasteiger partial charge in [-0.1, -0.05) is 38.5 Å². The Hall–Kier alpha value is -1.38. The van der Waals surface area contributed by atoms with Gasteiger partial charge in [-0.05, 0) is 50.0 Å². The van der Waals surface area contributed by atoms with Crippen LogP contribution in [-0.2, 0) is 28.9 Å². The number of nitrogens with zero attached hydrogens (tertiary/aromatic N) is 2. The zero-order valence-corrected chi connectivity index (χ0v) is 20.2. The van der Waals surface area contributed by atoms with Crippen LogP contribution in [0.1, 0.15) is 62.8 Å². The smallest absolute Gasteiger partial charge is 0.263 e. The molecule has 1 fully saturated rings. The normalized spacial score (nSPS) is 20.8. The molecule has 1 aliphatic heterocycles. The van der Waals surface area contributed by atoms with Gasteiger partial charge in [-0.25, -0.2) is 4.98 Å². The lowest BCUT2D eigenvalue weighted by molar-refractivity contribution is -0.118. The maximum Gasteiger partial charge on any atom is 0.263 e. The molecule has 1 saturated heterocycles. The van der Waals surface area contributed by atoms with Crippen molar-refractivity contribution in [2.24, 2.45) is 5.92 Å². The van der Waals surface area contributed by atoms with Crippen molar-refractivity contribution in [3.63, 3.8) is 0 Å². The molecule has 4 rings (SSSR count). The molecule has 31 heavy (non-hydrogen) atoms. The number of rotatable bonds is 9. The third-order valence-electron chi connectivity index (χ3n) is 6.23. The molecule has 0 spiro atoms. The first-order valence-corrected chi connectivity index (χ1v) is 13.4. The number of aryl methyl sites for hydroxylation is 1. The van der Waals surface area contributed by atoms with Crippen molar-refractivity contribution < 1.29 is 9.53 Å². The first-order chi connectivity index (χ1) is 15.1. The van der Waals surface area contributed by atoms with Gasteiger partial charge in [0.1, 0.15) is 4.83 Å². The standard InChI is InChI=1S/C23H33N3O3S2/c1-3-4-5-10-24-19(27)14-30-23-25-21-20(17-9-8-15(2)12-18(17)31-21)22(28)26(23)13-16-7-6-11-29-16/h15-16H,3-14H2,1-2H3,(H,24,27). The van der Waals surface area contributed by atoms with E-state index in [4.69, 9.17) is 9.72 Å². The minimum absolute atomic E-state index is 0.00147. The highest BCUT2D eigenvalue weighted by molar-refractivity contribution is 7.99. The number of amides is 1. The van der Waals surface area contributed by atoms with Crippen molar-refractivity contribution in [2.75, 3.05) is 18.9 Å². The molecule has 1 N–H and O–H groups in total. The molecule has 170 valence electrons. The first kappa shape index (κ1) is 22.8. The molecule has 2 unspecified atom stereocenters. The minimum Gasteiger partial charge on any atom is -0.376 e. The Balaban J connectivity index is 1.59. The summed E-state index contributed by atoms with van der Waals surface area (Å²) in [6, 6.07) is 0. The molecule has 8 heteroatoms. The molecule has 6 nitrogen and oxygen atoms in total. The molecule has 3 heterocycles. The zero-order valence-electron chi connectivity index (χ0n) is 18.6. The van der Waals surface area contributed by atoms with Gasteiger partial charge in [0, 0.05) is 18.0 Å². The van der Waals surface area contributed by atoms with E-state index in [9.17, 15) is 9.59 Å². The Morgan fingerprint density at radius 2 is 2.23 bits per heavy atom. The Bertz CT molecular complexity index is 979. The molecule has 2 aromatic rings. The van der Waals surface area contributed by atoms with Crippen LogP contribution in [0.5, 0.6) is 0 Å². The van der Waals surface area contributed by atoms with E-state index >= 15 is 0 Å². The summed E-state index contributed by atoms with van der Waals surface area (Å²) in [6.45, 7) is 6.40. The number of nitrogens with one attached hydrogen (secondary N) is 1. The van der Waals surface area contributed by atoms with Gasteiger partial charge in [0.15, 0.2) is 5.16 Å². The van der Waals surface area contributed by atoms with Crippen molar-refractivity contribution in [3.05, 3.63) is 20.8 Å². The van der Waals surface area contributed by atoms with Crippen molar-refractivity contribution in [2.45, 2.75) is 83.0 Å². The lowest BCUT2D eigenvalue weighted by Crippen LogP contribution is -2.30. The number of thioether (sulfide) groups is 1. The number of carbonyl (C=O) groups is 1. The average Bonchev–Trinajstić information content (AvgIpc) is 3.39. The highest BCUT2D eigenvalue weighted by Crippen LogP contribution is 2.36. The second-order valence-corrected chi connectivity index (χ2v) is 10.8. The van der Waals surface area contributed by atoms with Gasteiger partial charge in [-0.15, -0.1) is 11.3 Å². The van der Waals surface area contributed by atoms with Crippen LogP contribution in [0.3, 0.4) is 0 Å². The van der Waals surface area contributed by atoms with E-state index < -0.39 is 0 Å². The van der Waals surface area contributed by atoms with E-state index in [-0.39, 0.29) is 23.3 Å². The Labute approximate surface area is 192 Å². The lowest BCUT2D eigenvalue weighted by Gasteiger charge is -2.18. The summed E-state index contributed by atoms with van der Waals surface area (Å²) in [4.78, 5) is 33.0. The number of thiophene rings is 1. The molecular weight excluding hydrogens is 430 g/mol. The molecule has 0 aromatic carbocycles. The van der Waals surface area contributed by atoms with E-state index in [1.165, 1.54) is 22.2 Å². The fraction of sp³-hybridized carbons (Fsp3) is 0.696. The molecule has 2 atom stereocenters. The van der Waals surface area contributed by atoms with E-state index in [1.54, 1.807) is 15.9 Å². The summed E-state index contributed by atoms with van der Waals surface area (Å²) in [5, 5.41) is 4.43. The van der Waals surface area contributed by atoms with E-state index in [0.717, 1.165) is 68.2 Å². The lowest BCUT2D eigenvalue weighted by atomic mass is 9.89. The van der Waals surface area contributed by atoms with Crippen LogP contribution in [-0.4, -0.2) is 40.5 Å². The van der Waals surface area contributed by atoms with Crippen LogP contribution < -0.4 is 10.9 Å². The molecular formula is C23H33N3O3S2. The van der Waals surface area contributed by atoms with Gasteiger partial charge in [0.2, 0.25) is 5.91 Å². The van der Waals surface area contributed by atoms with Gasteiger partial charge in [-0.3, -0.25) is 14.2 Å². The molecule has 2 aliphatic rings. The molecule has 1 aliphatic carbocycles. The van der Waals surface area contributed by atoms with Gasteiger partial charge in [0.25, 0.3) is 5.56 Å². The third kappa shape index (κ3) is 5.34. The Morgan fingerprint density at radius 3 is 3.00 bits per heavy atom. The predicted octanol–water partition coefficient (Wildman–Crippen LogP) is 4.16. The average molecular weight is 464 g/mol. The molecule has 0 bridgehead atoms. The number of ether oxygens (including phenoxy) is 1. The van der Waals surface area contributed by atoms with E-state index in [2.05, 4.69) is 19.2 Å². The minimum atomic E-state index is -0.00147. The highest BCUT2D eigenvalue weighted by Gasteiger charge is 2.26. The van der Waals surface area contributed by atoms with Crippen molar-refractivity contribution in [1.82, 2.24) is 14.9 Å². The summed E-state index contributed by atoms with van der Waals surface area (Å²) < 4.78 is 7.59. The third-order valence-corrected chi connectivity index (χ3v) is 8.35. The maximum atomic E-state index is 13.6. The van der Waals surface area contributed by atoms with Gasteiger partial charge in [0.05, 0.1) is 23.8 Å². The van der Waals surface area contributed by atoms with Crippen LogP contribution >= 0.6 is 23.1 Å². The number of aromatic nitrogens is 2. The number of hydrogen-bond acceptors (Lipinski definition) is 6. The fourth-order valence-corrected chi connectivity index (χ4v) is 6.71. The first-order valence-electron chi connectivity index (χ1n) is 11.6. The second kappa shape index (κ2) is 10.5. The predicted molar refractivity (Wildman–Crippen MR) is 127 cm³/mol. The van der Waals surface area contributed by atoms with Crippen molar-refractivity contribution in [1.29, 1.82) is 0 Å². The SMILES string of the molecule is CCCCCNC(=O)CSc1nc2sc3c(c2c(=O)n1CC1CCCO1)CCC(C)C3. The largest absolute Gasteiger partial charge is 0.376 e. The van der Waals surface area contributed by atoms with Gasteiger partial charge < -0.3 is 10.1 Å². The second-order valence-electron chi connectivity index (χ2n) is 8.82. The molecule has 1 amide bonds. The molecule has 0 saturated carbocycles. The van der Waals surface area contributed by atoms with Gasteiger partial charge >= 0.3 is 0 Å². The Kier molecular flexibility index (Phi) is 7.72. The summed E-state index contributed by atoms with van der Waals surface area (Å²) in [5.41, 5.74) is 1.25. The number of carbonyl (C=O) groups excluding carboxylic acids is 1. The van der Waals surface area contributed by atoms with E-state index in [0.29, 0.717) is 24.2 Å². The number of unbranched alkanes of at least 4 members (excludes halogenated alkanes) is 2. The maximum absolute atomic E-state index is 13.6. The van der Waals surface area contributed by atoms with Crippen LogP contribution in [0.4, 0.5) is 0 Å². The quantitative estimate of drug-likeness (QED) is 0.343. The summed E-state index contributed by atoms with van der Waals surface area (Å²) in [6.07, 6.45) is 8.41. The zero-order chi connectivity index (χ0) is 21.8. The topological polar surface area (TPSA) is 73.2 Å². The molecule has 0 radical (unpaired) electrons. The summed E-state index contributed by atoms with van der Waals surface area (Å²) in [7, 11) is 0. The summed E-state index contributed by atoms with van der Waals surface area (Å²) in [5.74, 6) is 0.927. The van der Waals surface area contributed by atoms with Crippen molar-refractivity contribution in [3.8, 4) is 0 Å². The van der Waals surface area contributed by atoms with Crippen LogP contribution in [0.25, 0.3) is 10.2 Å².